The molecule has 9 nitrogen and oxygen atoms in total. The Morgan fingerprint density at radius 1 is 0.861 bits per heavy atom. The number of aromatic amines is 1. The van der Waals surface area contributed by atoms with Crippen LogP contribution in [0.15, 0.2) is 44.9 Å². The van der Waals surface area contributed by atoms with Gasteiger partial charge in [0.25, 0.3) is 5.56 Å². The van der Waals surface area contributed by atoms with Crippen molar-refractivity contribution in [3.8, 4) is 5.69 Å². The van der Waals surface area contributed by atoms with Gasteiger partial charge in [-0.2, -0.15) is 0 Å². The summed E-state index contributed by atoms with van der Waals surface area (Å²) in [6.07, 6.45) is 1.65. The lowest BCUT2D eigenvalue weighted by molar-refractivity contribution is 0.313. The summed E-state index contributed by atoms with van der Waals surface area (Å²) in [6, 6.07) is 10.0. The average molecular weight is 488 g/mol. The fraction of sp³-hybridized carbons (Fsp3) is 0.370. The van der Waals surface area contributed by atoms with Crippen molar-refractivity contribution in [2.75, 3.05) is 38.1 Å². The van der Waals surface area contributed by atoms with E-state index >= 15 is 0 Å². The number of aryl methyl sites for hydroxylation is 5. The summed E-state index contributed by atoms with van der Waals surface area (Å²) in [5.74, 6) is 0. The van der Waals surface area contributed by atoms with Crippen molar-refractivity contribution >= 4 is 28.6 Å². The topological polar surface area (TPSA) is 83.6 Å². The van der Waals surface area contributed by atoms with Crippen molar-refractivity contribution in [1.29, 1.82) is 0 Å². The number of imidazole rings is 1. The molecule has 3 heterocycles. The molecule has 1 aliphatic rings. The third kappa shape index (κ3) is 3.99. The molecular formula is C27H33N7O2. The Hall–Kier alpha value is -3.85. The van der Waals surface area contributed by atoms with Crippen molar-refractivity contribution in [3.05, 3.63) is 73.6 Å². The smallest absolute Gasteiger partial charge is 0.328 e. The lowest BCUT2D eigenvalue weighted by atomic mass is 10.1. The normalized spacial score (nSPS) is 15.0. The van der Waals surface area contributed by atoms with E-state index in [2.05, 4.69) is 28.0 Å². The van der Waals surface area contributed by atoms with Crippen LogP contribution in [0.2, 0.25) is 0 Å². The third-order valence-electron chi connectivity index (χ3n) is 7.26. The first-order chi connectivity index (χ1) is 17.2. The van der Waals surface area contributed by atoms with Crippen LogP contribution in [0.5, 0.6) is 0 Å². The van der Waals surface area contributed by atoms with E-state index in [0.29, 0.717) is 5.56 Å². The number of hydrogen-bond donors (Lipinski definition) is 1. The molecule has 0 radical (unpaired) electrons. The number of hydrogen-bond acceptors (Lipinski definition) is 5. The summed E-state index contributed by atoms with van der Waals surface area (Å²) in [4.78, 5) is 35.4. The average Bonchev–Trinajstić information content (AvgIpc) is 3.24. The maximum absolute atomic E-state index is 13.4. The molecule has 1 aliphatic heterocycles. The Morgan fingerprint density at radius 2 is 1.53 bits per heavy atom. The summed E-state index contributed by atoms with van der Waals surface area (Å²) in [5.41, 5.74) is 7.43. The quantitative estimate of drug-likeness (QED) is 0.449. The number of benzene rings is 2. The molecule has 2 aromatic carbocycles. The van der Waals surface area contributed by atoms with Gasteiger partial charge in [-0.25, -0.2) is 9.48 Å². The first-order valence-corrected chi connectivity index (χ1v) is 12.2. The van der Waals surface area contributed by atoms with Gasteiger partial charge in [-0.05, 0) is 51.6 Å². The maximum Gasteiger partial charge on any atom is 0.328 e. The Morgan fingerprint density at radius 3 is 2.19 bits per heavy atom. The number of nitrogens with one attached hydrogen (secondary N) is 1. The van der Waals surface area contributed by atoms with E-state index in [1.165, 1.54) is 0 Å². The maximum atomic E-state index is 13.4. The molecule has 4 aromatic rings. The van der Waals surface area contributed by atoms with E-state index in [-0.39, 0.29) is 11.2 Å². The molecular weight excluding hydrogens is 454 g/mol. The molecule has 0 amide bonds. The van der Waals surface area contributed by atoms with Gasteiger partial charge in [-0.15, -0.1) is 0 Å². The number of anilines is 1. The minimum atomic E-state index is -0.141. The van der Waals surface area contributed by atoms with Crippen molar-refractivity contribution in [1.82, 2.24) is 23.8 Å². The lowest BCUT2D eigenvalue weighted by Gasteiger charge is -2.34. The molecule has 1 saturated heterocycles. The fourth-order valence-corrected chi connectivity index (χ4v) is 5.00. The van der Waals surface area contributed by atoms with E-state index in [4.69, 9.17) is 4.99 Å². The third-order valence-corrected chi connectivity index (χ3v) is 7.26. The molecule has 0 unspecified atom stereocenters. The van der Waals surface area contributed by atoms with E-state index < -0.39 is 0 Å². The second kappa shape index (κ2) is 8.98. The minimum Gasteiger partial charge on any atom is -0.367 e. The van der Waals surface area contributed by atoms with E-state index in [9.17, 15) is 9.59 Å². The van der Waals surface area contributed by atoms with E-state index in [1.54, 1.807) is 34.1 Å². The zero-order valence-corrected chi connectivity index (χ0v) is 21.8. The Bertz CT molecular complexity index is 1610. The highest BCUT2D eigenvalue weighted by Gasteiger charge is 2.20. The number of nitrogens with zero attached hydrogens (tertiary/aromatic N) is 6. The summed E-state index contributed by atoms with van der Waals surface area (Å²) in [5, 5.41) is 3.21. The second-order valence-electron chi connectivity index (χ2n) is 9.86. The van der Waals surface area contributed by atoms with Crippen LogP contribution in [0, 0.1) is 20.8 Å². The van der Waals surface area contributed by atoms with Gasteiger partial charge in [0.05, 0.1) is 33.7 Å². The van der Waals surface area contributed by atoms with Gasteiger partial charge in [0, 0.05) is 52.2 Å². The molecule has 36 heavy (non-hydrogen) atoms. The Balaban J connectivity index is 1.61. The van der Waals surface area contributed by atoms with E-state index in [0.717, 1.165) is 71.1 Å². The number of aromatic nitrogens is 4. The molecule has 0 saturated carbocycles. The first-order valence-electron chi connectivity index (χ1n) is 12.2. The summed E-state index contributed by atoms with van der Waals surface area (Å²) in [6.45, 7) is 9.56. The number of H-pyrrole nitrogens is 1. The summed E-state index contributed by atoms with van der Waals surface area (Å²) >= 11 is 0. The molecule has 0 atom stereocenters. The van der Waals surface area contributed by atoms with Gasteiger partial charge in [-0.3, -0.25) is 24.0 Å². The van der Waals surface area contributed by atoms with E-state index in [1.807, 2.05) is 45.0 Å². The number of likely N-dealkylation sites (N-methyl/N-ethyl adjacent to an activating group) is 1. The fourth-order valence-electron chi connectivity index (χ4n) is 5.00. The predicted molar refractivity (Wildman–Crippen MR) is 146 cm³/mol. The highest BCUT2D eigenvalue weighted by molar-refractivity contribution is 5.91. The van der Waals surface area contributed by atoms with Gasteiger partial charge in [0.15, 0.2) is 0 Å². The predicted octanol–water partition coefficient (Wildman–Crippen LogP) is 2.78. The first kappa shape index (κ1) is 23.9. The number of fused-ring (bicyclic) bond motifs is 1. The van der Waals surface area contributed by atoms with Gasteiger partial charge in [-0.1, -0.05) is 17.7 Å². The van der Waals surface area contributed by atoms with Crippen LogP contribution < -0.4 is 16.1 Å². The number of rotatable bonds is 4. The van der Waals surface area contributed by atoms with Crippen molar-refractivity contribution < 1.29 is 0 Å². The van der Waals surface area contributed by atoms with Crippen molar-refractivity contribution in [2.24, 2.45) is 19.1 Å². The van der Waals surface area contributed by atoms with Gasteiger partial charge < -0.3 is 9.80 Å². The number of aliphatic imine (C=N–C) groups is 1. The lowest BCUT2D eigenvalue weighted by Crippen LogP contribution is -2.44. The molecule has 1 fully saturated rings. The molecule has 0 aliphatic carbocycles. The Labute approximate surface area is 209 Å². The highest BCUT2D eigenvalue weighted by Crippen LogP contribution is 2.34. The zero-order valence-electron chi connectivity index (χ0n) is 21.8. The summed E-state index contributed by atoms with van der Waals surface area (Å²) in [7, 11) is 5.68. The van der Waals surface area contributed by atoms with Crippen LogP contribution in [0.4, 0.5) is 11.4 Å². The van der Waals surface area contributed by atoms with Crippen LogP contribution >= 0.6 is 0 Å². The minimum absolute atomic E-state index is 0.0757. The van der Waals surface area contributed by atoms with Crippen molar-refractivity contribution in [2.45, 2.75) is 20.8 Å². The van der Waals surface area contributed by atoms with Crippen LogP contribution in [-0.2, 0) is 14.1 Å². The largest absolute Gasteiger partial charge is 0.367 e. The SMILES string of the molecule is Cc1ccc(-n2[nH]c(C)c(C=Nc3cc4c(cc3N3CCN(C)CC3)n(C)c(=O)n4C)c2=O)c(C)c1. The van der Waals surface area contributed by atoms with Crippen LogP contribution in [0.1, 0.15) is 22.4 Å². The number of piperazine rings is 1. The Kier molecular flexibility index (Phi) is 5.96. The molecule has 188 valence electrons. The second-order valence-corrected chi connectivity index (χ2v) is 9.86. The van der Waals surface area contributed by atoms with Crippen LogP contribution in [0.3, 0.4) is 0 Å². The van der Waals surface area contributed by atoms with Gasteiger partial charge in [0.1, 0.15) is 0 Å². The van der Waals surface area contributed by atoms with Crippen molar-refractivity contribution in [3.63, 3.8) is 0 Å². The monoisotopic (exact) mass is 487 g/mol. The molecule has 0 spiro atoms. The molecule has 9 heteroatoms. The zero-order chi connectivity index (χ0) is 25.7. The van der Waals surface area contributed by atoms with Crippen LogP contribution in [-0.4, -0.2) is 63.3 Å². The highest BCUT2D eigenvalue weighted by atomic mass is 16.1. The molecule has 1 N–H and O–H groups in total. The molecule has 0 bridgehead atoms. The van der Waals surface area contributed by atoms with Gasteiger partial charge in [0.2, 0.25) is 0 Å². The summed E-state index contributed by atoms with van der Waals surface area (Å²) < 4.78 is 4.88. The standard InChI is InChI=1S/C27H33N7O2/c1-17-7-8-22(18(2)13-17)34-26(35)20(19(3)29-34)16-28-21-14-24-25(32(6)27(36)31(24)5)15-23(21)33-11-9-30(4)10-12-33/h7-8,13-16,29H,9-12H2,1-6H3. The van der Waals surface area contributed by atoms with Gasteiger partial charge >= 0.3 is 5.69 Å². The molecule has 5 rings (SSSR count). The molecule has 2 aromatic heterocycles. The van der Waals surface area contributed by atoms with Crippen LogP contribution in [0.25, 0.3) is 16.7 Å².